The van der Waals surface area contributed by atoms with Gasteiger partial charge in [0.15, 0.2) is 0 Å². The van der Waals surface area contributed by atoms with Crippen LogP contribution in [-0.4, -0.2) is 31.9 Å². The van der Waals surface area contributed by atoms with Crippen molar-refractivity contribution in [2.75, 3.05) is 0 Å². The van der Waals surface area contributed by atoms with Crippen molar-refractivity contribution in [3.8, 4) is 5.75 Å². The lowest BCUT2D eigenvalue weighted by Crippen LogP contribution is -2.27. The third kappa shape index (κ3) is 5.70. The maximum absolute atomic E-state index is 12.9. The Balaban J connectivity index is 1.53. The molecular weight excluding hydrogens is 502 g/mol. The number of benzene rings is 3. The lowest BCUT2D eigenvalue weighted by Gasteiger charge is -2.14. The number of hydrogen-bond acceptors (Lipinski definition) is 9. The second kappa shape index (κ2) is 10.4. The highest BCUT2D eigenvalue weighted by molar-refractivity contribution is 8.18. The predicted octanol–water partition coefficient (Wildman–Crippen LogP) is 5.27. The van der Waals surface area contributed by atoms with Crippen molar-refractivity contribution in [1.82, 2.24) is 4.90 Å². The van der Waals surface area contributed by atoms with Gasteiger partial charge >= 0.3 is 5.97 Å². The quantitative estimate of drug-likeness (QED) is 0.134. The van der Waals surface area contributed by atoms with E-state index in [-0.39, 0.29) is 22.8 Å². The smallest absolute Gasteiger partial charge is 0.344 e. The van der Waals surface area contributed by atoms with Gasteiger partial charge in [-0.1, -0.05) is 36.4 Å². The van der Waals surface area contributed by atoms with E-state index >= 15 is 0 Å². The third-order valence-corrected chi connectivity index (χ3v) is 6.30. The van der Waals surface area contributed by atoms with Crippen LogP contribution in [0, 0.1) is 27.2 Å². The number of rotatable bonds is 7. The molecule has 3 aromatic carbocycles. The Morgan fingerprint density at radius 3 is 2.30 bits per heavy atom. The van der Waals surface area contributed by atoms with E-state index < -0.39 is 38.3 Å². The lowest BCUT2D eigenvalue weighted by molar-refractivity contribution is -0.394. The second-order valence-corrected chi connectivity index (χ2v) is 8.90. The minimum absolute atomic E-state index is 0.0343. The number of carbonyl (C=O) groups excluding carboxylic acids is 3. The van der Waals surface area contributed by atoms with E-state index in [2.05, 4.69) is 0 Å². The van der Waals surface area contributed by atoms with Gasteiger partial charge < -0.3 is 4.74 Å². The maximum Gasteiger partial charge on any atom is 0.344 e. The molecule has 0 atom stereocenters. The summed E-state index contributed by atoms with van der Waals surface area (Å²) >= 11 is 0.790. The van der Waals surface area contributed by atoms with Gasteiger partial charge in [0.25, 0.3) is 22.5 Å². The molecule has 1 aliphatic rings. The standard InChI is InChI=1S/C25H17N3O8S/c1-15-5-2-3-7-17(15)14-26-23(29)22(37-25(26)31)10-16-6-4-8-21(9-16)36-24(30)18-11-19(27(32)33)13-20(12-18)28(34)35/h2-13H,14H2,1H3/b22-10-. The van der Waals surface area contributed by atoms with E-state index in [0.29, 0.717) is 5.56 Å². The highest BCUT2D eigenvalue weighted by Gasteiger charge is 2.35. The fourth-order valence-electron chi connectivity index (χ4n) is 3.50. The molecule has 0 aromatic heterocycles. The van der Waals surface area contributed by atoms with E-state index in [4.69, 9.17) is 4.74 Å². The van der Waals surface area contributed by atoms with Gasteiger partial charge in [-0.25, -0.2) is 4.79 Å². The number of aryl methyl sites for hydroxylation is 1. The number of nitrogens with zero attached hydrogens (tertiary/aromatic N) is 3. The molecule has 0 aliphatic carbocycles. The Hall–Kier alpha value is -4.84. The van der Waals surface area contributed by atoms with Crippen LogP contribution in [0.3, 0.4) is 0 Å². The van der Waals surface area contributed by atoms with Gasteiger partial charge in [0, 0.05) is 12.1 Å². The number of esters is 1. The zero-order valence-corrected chi connectivity index (χ0v) is 20.0. The molecule has 1 saturated heterocycles. The molecule has 186 valence electrons. The van der Waals surface area contributed by atoms with Crippen LogP contribution in [0.15, 0.2) is 71.6 Å². The van der Waals surface area contributed by atoms with Crippen LogP contribution in [0.2, 0.25) is 0 Å². The van der Waals surface area contributed by atoms with Crippen LogP contribution < -0.4 is 4.74 Å². The summed E-state index contributed by atoms with van der Waals surface area (Å²) in [5.41, 5.74) is 0.628. The summed E-state index contributed by atoms with van der Waals surface area (Å²) in [5, 5.41) is 21.7. The number of thioether (sulfide) groups is 1. The summed E-state index contributed by atoms with van der Waals surface area (Å²) in [6, 6.07) is 16.0. The van der Waals surface area contributed by atoms with Gasteiger partial charge in [0.1, 0.15) is 5.75 Å². The third-order valence-electron chi connectivity index (χ3n) is 5.39. The van der Waals surface area contributed by atoms with Crippen LogP contribution in [0.4, 0.5) is 16.2 Å². The van der Waals surface area contributed by atoms with E-state index in [0.717, 1.165) is 46.0 Å². The van der Waals surface area contributed by atoms with Gasteiger partial charge in [0.2, 0.25) is 0 Å². The van der Waals surface area contributed by atoms with E-state index in [9.17, 15) is 34.6 Å². The van der Waals surface area contributed by atoms with Crippen LogP contribution in [-0.2, 0) is 11.3 Å². The molecule has 3 aromatic rings. The summed E-state index contributed by atoms with van der Waals surface area (Å²) in [4.78, 5) is 59.7. The minimum Gasteiger partial charge on any atom is -0.423 e. The number of nitro groups is 2. The normalized spacial score (nSPS) is 14.2. The zero-order valence-electron chi connectivity index (χ0n) is 19.2. The van der Waals surface area contributed by atoms with Crippen molar-refractivity contribution in [3.05, 3.63) is 114 Å². The Labute approximate surface area is 213 Å². The van der Waals surface area contributed by atoms with E-state index in [1.54, 1.807) is 12.1 Å². The largest absolute Gasteiger partial charge is 0.423 e. The Morgan fingerprint density at radius 2 is 1.65 bits per heavy atom. The number of nitro benzene ring substituents is 2. The van der Waals surface area contributed by atoms with Gasteiger partial charge in [-0.3, -0.25) is 34.7 Å². The van der Waals surface area contributed by atoms with Gasteiger partial charge in [-0.05, 0) is 53.6 Å². The number of imide groups is 1. The zero-order chi connectivity index (χ0) is 26.7. The molecule has 12 heteroatoms. The number of carbonyl (C=O) groups is 3. The molecule has 0 spiro atoms. The molecule has 0 radical (unpaired) electrons. The van der Waals surface area contributed by atoms with Crippen LogP contribution >= 0.6 is 11.8 Å². The first kappa shape index (κ1) is 25.3. The highest BCUT2D eigenvalue weighted by Crippen LogP contribution is 2.34. The van der Waals surface area contributed by atoms with Crippen molar-refractivity contribution in [1.29, 1.82) is 0 Å². The second-order valence-electron chi connectivity index (χ2n) is 7.91. The molecule has 2 amide bonds. The summed E-state index contributed by atoms with van der Waals surface area (Å²) in [7, 11) is 0. The molecule has 37 heavy (non-hydrogen) atoms. The van der Waals surface area contributed by atoms with Crippen LogP contribution in [0.1, 0.15) is 27.0 Å². The molecule has 1 fully saturated rings. The van der Waals surface area contributed by atoms with Gasteiger partial charge in [0.05, 0.1) is 32.9 Å². The molecular formula is C25H17N3O8S. The van der Waals surface area contributed by atoms with Crippen LogP contribution in [0.5, 0.6) is 5.75 Å². The summed E-state index contributed by atoms with van der Waals surface area (Å²) < 4.78 is 5.25. The average molecular weight is 519 g/mol. The fraction of sp³-hybridized carbons (Fsp3) is 0.0800. The first-order valence-corrected chi connectivity index (χ1v) is 11.5. The van der Waals surface area contributed by atoms with Crippen molar-refractivity contribution >= 4 is 46.3 Å². The van der Waals surface area contributed by atoms with Gasteiger partial charge in [-0.15, -0.1) is 0 Å². The van der Waals surface area contributed by atoms with Crippen LogP contribution in [0.25, 0.3) is 6.08 Å². The minimum atomic E-state index is -1.04. The summed E-state index contributed by atoms with van der Waals surface area (Å²) in [5.74, 6) is -1.46. The molecule has 0 N–H and O–H groups in total. The van der Waals surface area contributed by atoms with E-state index in [1.807, 2.05) is 31.2 Å². The van der Waals surface area contributed by atoms with Crippen molar-refractivity contribution in [2.45, 2.75) is 13.5 Å². The Morgan fingerprint density at radius 1 is 0.973 bits per heavy atom. The SMILES string of the molecule is Cc1ccccc1CN1C(=O)S/C(=C\c2cccc(OC(=O)c3cc([N+](=O)[O-])cc([N+](=O)[O-])c3)c2)C1=O. The highest BCUT2D eigenvalue weighted by atomic mass is 32.2. The molecule has 0 unspecified atom stereocenters. The monoisotopic (exact) mass is 519 g/mol. The Bertz CT molecular complexity index is 1470. The van der Waals surface area contributed by atoms with E-state index in [1.165, 1.54) is 18.2 Å². The van der Waals surface area contributed by atoms with Crippen molar-refractivity contribution in [3.63, 3.8) is 0 Å². The molecule has 1 aliphatic heterocycles. The van der Waals surface area contributed by atoms with Crippen molar-refractivity contribution in [2.24, 2.45) is 0 Å². The Kier molecular flexibility index (Phi) is 7.11. The molecule has 0 saturated carbocycles. The molecule has 4 rings (SSSR count). The molecule has 11 nitrogen and oxygen atoms in total. The fourth-order valence-corrected chi connectivity index (χ4v) is 4.34. The van der Waals surface area contributed by atoms with Crippen molar-refractivity contribution < 1.29 is 29.0 Å². The lowest BCUT2D eigenvalue weighted by atomic mass is 10.1. The first-order valence-electron chi connectivity index (χ1n) is 10.7. The summed E-state index contributed by atoms with van der Waals surface area (Å²) in [6.07, 6.45) is 1.48. The number of non-ortho nitro benzene ring substituents is 2. The molecule has 0 bridgehead atoms. The topological polar surface area (TPSA) is 150 Å². The average Bonchev–Trinajstić information content (AvgIpc) is 3.12. The maximum atomic E-state index is 12.9. The molecule has 1 heterocycles. The number of ether oxygens (including phenoxy) is 1. The van der Waals surface area contributed by atoms with Gasteiger partial charge in [-0.2, -0.15) is 0 Å². The number of amides is 2. The summed E-state index contributed by atoms with van der Waals surface area (Å²) in [6.45, 7) is 2.03. The first-order chi connectivity index (χ1) is 17.6. The number of hydrogen-bond donors (Lipinski definition) is 0. The predicted molar refractivity (Wildman–Crippen MR) is 134 cm³/mol.